The molecule has 0 saturated carbocycles. The summed E-state index contributed by atoms with van der Waals surface area (Å²) in [6.45, 7) is 2.15. The highest BCUT2D eigenvalue weighted by molar-refractivity contribution is 6.05. The number of benzene rings is 2. The Bertz CT molecular complexity index is 809. The molecule has 8 heteroatoms. The third kappa shape index (κ3) is 3.48. The van der Waals surface area contributed by atoms with Crippen LogP contribution in [0.2, 0.25) is 0 Å². The second-order valence-corrected chi connectivity index (χ2v) is 4.78. The number of carbonyl (C=O) groups is 2. The summed E-state index contributed by atoms with van der Waals surface area (Å²) in [5, 5.41) is 14.0. The summed E-state index contributed by atoms with van der Waals surface area (Å²) >= 11 is 0. The molecule has 0 bridgehead atoms. The number of anilines is 1. The summed E-state index contributed by atoms with van der Waals surface area (Å²) < 4.78 is 40.0. The van der Waals surface area contributed by atoms with Crippen molar-refractivity contribution in [3.63, 3.8) is 0 Å². The molecule has 2 rings (SSSR count). The van der Waals surface area contributed by atoms with E-state index in [9.17, 15) is 22.8 Å². The van der Waals surface area contributed by atoms with E-state index in [-0.39, 0.29) is 17.2 Å². The third-order valence-corrected chi connectivity index (χ3v) is 3.10. The lowest BCUT2D eigenvalue weighted by Gasteiger charge is -2.09. The van der Waals surface area contributed by atoms with Crippen LogP contribution in [0.3, 0.4) is 0 Å². The van der Waals surface area contributed by atoms with Crippen molar-refractivity contribution in [1.82, 2.24) is 5.32 Å². The molecule has 2 aromatic rings. The Balaban J connectivity index is 2.28. The van der Waals surface area contributed by atoms with Crippen molar-refractivity contribution >= 4 is 17.5 Å². The van der Waals surface area contributed by atoms with Crippen molar-refractivity contribution in [2.75, 3.05) is 11.9 Å². The zero-order valence-electron chi connectivity index (χ0n) is 12.5. The molecule has 0 aliphatic carbocycles. The fourth-order valence-electron chi connectivity index (χ4n) is 1.95. The quantitative estimate of drug-likeness (QED) is 0.750. The second kappa shape index (κ2) is 7.03. The van der Waals surface area contributed by atoms with Gasteiger partial charge in [-0.05, 0) is 31.2 Å². The third-order valence-electron chi connectivity index (χ3n) is 3.10. The van der Waals surface area contributed by atoms with Gasteiger partial charge in [0.25, 0.3) is 11.8 Å². The van der Waals surface area contributed by atoms with Gasteiger partial charge in [-0.15, -0.1) is 0 Å². The Kier molecular flexibility index (Phi) is 5.08. The first-order valence-corrected chi connectivity index (χ1v) is 6.91. The average molecular weight is 338 g/mol. The Hall–Kier alpha value is -3.03. The maximum atomic E-state index is 13.7. The number of phenols is 1. The Labute approximate surface area is 135 Å². The van der Waals surface area contributed by atoms with E-state index in [0.717, 1.165) is 0 Å². The molecule has 0 fully saturated rings. The molecule has 0 radical (unpaired) electrons. The number of phenolic OH excluding ortho intramolecular Hbond substituents is 1. The van der Waals surface area contributed by atoms with Crippen molar-refractivity contribution < 1.29 is 27.9 Å². The van der Waals surface area contributed by atoms with Gasteiger partial charge >= 0.3 is 0 Å². The SMILES string of the molecule is CCNC(=O)c1cccc(NC(=O)c2cc(F)c(F)c(O)c2F)c1. The van der Waals surface area contributed by atoms with Gasteiger partial charge in [0.2, 0.25) is 5.82 Å². The molecular weight excluding hydrogens is 325 g/mol. The van der Waals surface area contributed by atoms with Gasteiger partial charge in [-0.2, -0.15) is 4.39 Å². The Morgan fingerprint density at radius 3 is 2.46 bits per heavy atom. The number of carbonyl (C=O) groups excluding carboxylic acids is 2. The van der Waals surface area contributed by atoms with Gasteiger partial charge in [-0.3, -0.25) is 9.59 Å². The van der Waals surface area contributed by atoms with Crippen molar-refractivity contribution in [2.24, 2.45) is 0 Å². The molecule has 126 valence electrons. The largest absolute Gasteiger partial charge is 0.503 e. The van der Waals surface area contributed by atoms with Gasteiger partial charge in [-0.1, -0.05) is 6.07 Å². The minimum atomic E-state index is -1.78. The topological polar surface area (TPSA) is 78.4 Å². The van der Waals surface area contributed by atoms with Crippen LogP contribution in [-0.2, 0) is 0 Å². The number of halogens is 3. The Morgan fingerprint density at radius 1 is 1.08 bits per heavy atom. The molecular formula is C16H13F3N2O3. The number of rotatable bonds is 4. The van der Waals surface area contributed by atoms with E-state index in [0.29, 0.717) is 12.6 Å². The van der Waals surface area contributed by atoms with Crippen LogP contribution in [0.25, 0.3) is 0 Å². The summed E-state index contributed by atoms with van der Waals surface area (Å²) in [5.74, 6) is -7.96. The average Bonchev–Trinajstić information content (AvgIpc) is 2.56. The smallest absolute Gasteiger partial charge is 0.258 e. The fourth-order valence-corrected chi connectivity index (χ4v) is 1.95. The van der Waals surface area contributed by atoms with Crippen molar-refractivity contribution in [2.45, 2.75) is 6.92 Å². The molecule has 0 heterocycles. The van der Waals surface area contributed by atoms with Crippen LogP contribution in [0.4, 0.5) is 18.9 Å². The van der Waals surface area contributed by atoms with Gasteiger partial charge in [0.15, 0.2) is 17.4 Å². The lowest BCUT2D eigenvalue weighted by atomic mass is 10.1. The maximum Gasteiger partial charge on any atom is 0.258 e. The highest BCUT2D eigenvalue weighted by Crippen LogP contribution is 2.26. The molecule has 3 N–H and O–H groups in total. The number of hydrogen-bond acceptors (Lipinski definition) is 3. The van der Waals surface area contributed by atoms with Crippen molar-refractivity contribution in [3.05, 3.63) is 58.9 Å². The first-order valence-electron chi connectivity index (χ1n) is 6.91. The lowest BCUT2D eigenvalue weighted by Crippen LogP contribution is -2.23. The molecule has 5 nitrogen and oxygen atoms in total. The van der Waals surface area contributed by atoms with Crippen LogP contribution < -0.4 is 10.6 Å². The van der Waals surface area contributed by atoms with Crippen LogP contribution in [-0.4, -0.2) is 23.5 Å². The molecule has 0 aromatic heterocycles. The first-order chi connectivity index (χ1) is 11.3. The molecule has 0 atom stereocenters. The predicted molar refractivity (Wildman–Crippen MR) is 80.4 cm³/mol. The first kappa shape index (κ1) is 17.3. The summed E-state index contributed by atoms with van der Waals surface area (Å²) in [6, 6.07) is 6.09. The zero-order valence-corrected chi connectivity index (χ0v) is 12.5. The van der Waals surface area contributed by atoms with Crippen LogP contribution in [0.1, 0.15) is 27.6 Å². The number of amides is 2. The molecule has 0 spiro atoms. The minimum Gasteiger partial charge on any atom is -0.503 e. The van der Waals surface area contributed by atoms with Gasteiger partial charge in [0.05, 0.1) is 5.56 Å². The number of nitrogens with one attached hydrogen (secondary N) is 2. The van der Waals surface area contributed by atoms with E-state index in [1.807, 2.05) is 0 Å². The minimum absolute atomic E-state index is 0.146. The molecule has 2 aromatic carbocycles. The standard InChI is InChI=1S/C16H13F3N2O3/c1-2-20-15(23)8-4-3-5-9(6-8)21-16(24)10-7-11(17)13(19)14(22)12(10)18/h3-7,22H,2H2,1H3,(H,20,23)(H,21,24). The maximum absolute atomic E-state index is 13.7. The number of hydrogen-bond donors (Lipinski definition) is 3. The summed E-state index contributed by atoms with van der Waals surface area (Å²) in [7, 11) is 0. The Morgan fingerprint density at radius 2 is 1.79 bits per heavy atom. The van der Waals surface area contributed by atoms with Crippen LogP contribution in [0.5, 0.6) is 5.75 Å². The van der Waals surface area contributed by atoms with Gasteiger partial charge in [0, 0.05) is 17.8 Å². The monoisotopic (exact) mass is 338 g/mol. The molecule has 2 amide bonds. The van der Waals surface area contributed by atoms with Crippen LogP contribution in [0.15, 0.2) is 30.3 Å². The van der Waals surface area contributed by atoms with E-state index >= 15 is 0 Å². The van der Waals surface area contributed by atoms with E-state index in [4.69, 9.17) is 5.11 Å². The van der Waals surface area contributed by atoms with Crippen molar-refractivity contribution in [1.29, 1.82) is 0 Å². The highest BCUT2D eigenvalue weighted by Gasteiger charge is 2.22. The van der Waals surface area contributed by atoms with Gasteiger partial charge < -0.3 is 15.7 Å². The number of aromatic hydroxyl groups is 1. The molecule has 0 aliphatic heterocycles. The summed E-state index contributed by atoms with van der Waals surface area (Å²) in [4.78, 5) is 23.7. The highest BCUT2D eigenvalue weighted by atomic mass is 19.2. The van der Waals surface area contributed by atoms with Crippen LogP contribution in [0, 0.1) is 17.5 Å². The van der Waals surface area contributed by atoms with Crippen molar-refractivity contribution in [3.8, 4) is 5.75 Å². The normalized spacial score (nSPS) is 10.3. The molecule has 0 aliphatic rings. The molecule has 24 heavy (non-hydrogen) atoms. The summed E-state index contributed by atoms with van der Waals surface area (Å²) in [6.07, 6.45) is 0. The lowest BCUT2D eigenvalue weighted by molar-refractivity contribution is 0.0954. The van der Waals surface area contributed by atoms with Crippen LogP contribution >= 0.6 is 0 Å². The molecule has 0 unspecified atom stereocenters. The zero-order chi connectivity index (χ0) is 17.9. The fraction of sp³-hybridized carbons (Fsp3) is 0.125. The summed E-state index contributed by atoms with van der Waals surface area (Å²) in [5.41, 5.74) is -0.467. The van der Waals surface area contributed by atoms with E-state index in [2.05, 4.69) is 10.6 Å². The van der Waals surface area contributed by atoms with Gasteiger partial charge in [0.1, 0.15) is 0 Å². The predicted octanol–water partition coefficient (Wildman–Crippen LogP) is 2.81. The van der Waals surface area contributed by atoms with E-state index in [1.165, 1.54) is 24.3 Å². The second-order valence-electron chi connectivity index (χ2n) is 4.78. The molecule has 0 saturated heterocycles. The van der Waals surface area contributed by atoms with E-state index < -0.39 is 34.7 Å². The van der Waals surface area contributed by atoms with E-state index in [1.54, 1.807) is 6.92 Å². The van der Waals surface area contributed by atoms with Gasteiger partial charge in [-0.25, -0.2) is 8.78 Å².